The minimum Gasteiger partial charge on any atom is -0.495 e. The van der Waals surface area contributed by atoms with Crippen molar-refractivity contribution in [3.63, 3.8) is 0 Å². The Bertz CT molecular complexity index is 1040. The Morgan fingerprint density at radius 1 is 0.969 bits per heavy atom. The summed E-state index contributed by atoms with van der Waals surface area (Å²) >= 11 is 1.16. The molecule has 0 aromatic heterocycles. The van der Waals surface area contributed by atoms with E-state index >= 15 is 0 Å². The van der Waals surface area contributed by atoms with Gasteiger partial charge in [0.25, 0.3) is 0 Å². The molecule has 0 aliphatic rings. The minimum atomic E-state index is -3.68. The molecule has 10 heteroatoms. The van der Waals surface area contributed by atoms with Crippen molar-refractivity contribution < 1.29 is 22.7 Å². The number of sulfonamides is 1. The predicted octanol–water partition coefficient (Wildman–Crippen LogP) is 3.34. The van der Waals surface area contributed by atoms with Gasteiger partial charge in [-0.1, -0.05) is 31.5 Å². The van der Waals surface area contributed by atoms with Crippen molar-refractivity contribution in [2.75, 3.05) is 42.3 Å². The fourth-order valence-corrected chi connectivity index (χ4v) is 5.02. The molecule has 0 saturated heterocycles. The number of benzene rings is 2. The maximum atomic E-state index is 12.8. The van der Waals surface area contributed by atoms with E-state index in [4.69, 9.17) is 4.74 Å². The number of methoxy groups -OCH3 is 1. The van der Waals surface area contributed by atoms with Gasteiger partial charge < -0.3 is 15.4 Å². The van der Waals surface area contributed by atoms with Gasteiger partial charge in [-0.2, -0.15) is 4.31 Å². The molecule has 0 unspecified atom stereocenters. The van der Waals surface area contributed by atoms with E-state index in [0.717, 1.165) is 17.3 Å². The van der Waals surface area contributed by atoms with Crippen LogP contribution in [0.4, 0.5) is 11.4 Å². The number of hydrogen-bond donors (Lipinski definition) is 2. The van der Waals surface area contributed by atoms with Gasteiger partial charge in [-0.05, 0) is 37.3 Å². The molecule has 0 heterocycles. The molecule has 0 radical (unpaired) electrons. The summed E-state index contributed by atoms with van der Waals surface area (Å²) in [5, 5.41) is 5.45. The van der Waals surface area contributed by atoms with Crippen LogP contribution >= 0.6 is 11.8 Å². The quantitative estimate of drug-likeness (QED) is 0.512. The fraction of sp³-hybridized carbons (Fsp3) is 0.364. The molecule has 2 aromatic carbocycles. The van der Waals surface area contributed by atoms with Crippen molar-refractivity contribution in [1.29, 1.82) is 0 Å². The highest BCUT2D eigenvalue weighted by molar-refractivity contribution is 8.00. The number of hydrogen-bond acceptors (Lipinski definition) is 6. The maximum Gasteiger partial charge on any atom is 0.243 e. The largest absolute Gasteiger partial charge is 0.495 e. The van der Waals surface area contributed by atoms with Crippen molar-refractivity contribution in [2.24, 2.45) is 0 Å². The number of carbonyl (C=O) groups is 2. The Hall–Kier alpha value is -2.56. The third kappa shape index (κ3) is 6.98. The van der Waals surface area contributed by atoms with Crippen LogP contribution in [0.1, 0.15) is 19.4 Å². The zero-order valence-electron chi connectivity index (χ0n) is 18.7. The first-order chi connectivity index (χ1) is 15.2. The highest BCUT2D eigenvalue weighted by Crippen LogP contribution is 2.29. The molecule has 0 bridgehead atoms. The van der Waals surface area contributed by atoms with Crippen molar-refractivity contribution in [3.8, 4) is 5.75 Å². The van der Waals surface area contributed by atoms with Gasteiger partial charge >= 0.3 is 0 Å². The van der Waals surface area contributed by atoms with Crippen LogP contribution in [0.2, 0.25) is 0 Å². The molecule has 0 saturated carbocycles. The van der Waals surface area contributed by atoms with Crippen LogP contribution in [0.25, 0.3) is 0 Å². The lowest BCUT2D eigenvalue weighted by atomic mass is 10.2. The van der Waals surface area contributed by atoms with Gasteiger partial charge in [0.2, 0.25) is 21.8 Å². The summed E-state index contributed by atoms with van der Waals surface area (Å²) < 4.78 is 32.1. The van der Waals surface area contributed by atoms with E-state index < -0.39 is 10.0 Å². The van der Waals surface area contributed by atoms with E-state index in [2.05, 4.69) is 10.6 Å². The number of aryl methyl sites for hydroxylation is 1. The van der Waals surface area contributed by atoms with E-state index in [1.165, 1.54) is 29.6 Å². The molecule has 8 nitrogen and oxygen atoms in total. The summed E-state index contributed by atoms with van der Waals surface area (Å²) in [5.41, 5.74) is 2.05. The summed E-state index contributed by atoms with van der Waals surface area (Å²) in [5.74, 6) is -0.101. The monoisotopic (exact) mass is 479 g/mol. The zero-order chi connectivity index (χ0) is 23.7. The third-order valence-corrected chi connectivity index (χ3v) is 7.57. The first-order valence-corrected chi connectivity index (χ1v) is 12.7. The third-order valence-electron chi connectivity index (χ3n) is 4.59. The van der Waals surface area contributed by atoms with Gasteiger partial charge in [0, 0.05) is 18.8 Å². The number of ether oxygens (including phenoxy) is 1. The Kier molecular flexibility index (Phi) is 9.55. The van der Waals surface area contributed by atoms with E-state index in [1.807, 2.05) is 31.2 Å². The SMILES string of the molecule is CCN(CC)S(=O)(=O)c1ccc(OC)c(NC(=O)CSCC(=O)Nc2ccc(C)cc2)c1. The Morgan fingerprint density at radius 2 is 1.56 bits per heavy atom. The van der Waals surface area contributed by atoms with Gasteiger partial charge in [-0.3, -0.25) is 9.59 Å². The number of rotatable bonds is 11. The number of carbonyl (C=O) groups excluding carboxylic acids is 2. The van der Waals surface area contributed by atoms with E-state index in [9.17, 15) is 18.0 Å². The zero-order valence-corrected chi connectivity index (χ0v) is 20.3. The van der Waals surface area contributed by atoms with Gasteiger partial charge in [0.05, 0.1) is 29.2 Å². The Labute approximate surface area is 193 Å². The summed E-state index contributed by atoms with van der Waals surface area (Å²) in [6.45, 7) is 6.17. The molecule has 0 fully saturated rings. The van der Waals surface area contributed by atoms with E-state index in [0.29, 0.717) is 24.5 Å². The van der Waals surface area contributed by atoms with Gasteiger partial charge in [0.15, 0.2) is 0 Å². The maximum absolute atomic E-state index is 12.8. The number of thioether (sulfide) groups is 1. The molecule has 0 aliphatic carbocycles. The number of nitrogens with one attached hydrogen (secondary N) is 2. The molecule has 32 heavy (non-hydrogen) atoms. The van der Waals surface area contributed by atoms with E-state index in [-0.39, 0.29) is 33.9 Å². The molecular formula is C22H29N3O5S2. The van der Waals surface area contributed by atoms with Crippen molar-refractivity contribution in [1.82, 2.24) is 4.31 Å². The van der Waals surface area contributed by atoms with Crippen LogP contribution in [0.3, 0.4) is 0 Å². The van der Waals surface area contributed by atoms with Gasteiger partial charge in [-0.15, -0.1) is 11.8 Å². The summed E-state index contributed by atoms with van der Waals surface area (Å²) in [6.07, 6.45) is 0. The smallest absolute Gasteiger partial charge is 0.243 e. The van der Waals surface area contributed by atoms with Crippen LogP contribution in [0.5, 0.6) is 5.75 Å². The molecule has 2 amide bonds. The van der Waals surface area contributed by atoms with Crippen LogP contribution in [-0.4, -0.2) is 56.2 Å². The molecule has 174 valence electrons. The molecule has 0 spiro atoms. The molecule has 2 N–H and O–H groups in total. The second kappa shape index (κ2) is 11.9. The summed E-state index contributed by atoms with van der Waals surface area (Å²) in [6, 6.07) is 11.8. The van der Waals surface area contributed by atoms with Crippen molar-refractivity contribution in [2.45, 2.75) is 25.7 Å². The molecule has 0 aliphatic heterocycles. The second-order valence-corrected chi connectivity index (χ2v) is 9.83. The minimum absolute atomic E-state index is 0.0253. The topological polar surface area (TPSA) is 105 Å². The average Bonchev–Trinajstić information content (AvgIpc) is 2.76. The van der Waals surface area contributed by atoms with Crippen LogP contribution < -0.4 is 15.4 Å². The molecule has 2 aromatic rings. The van der Waals surface area contributed by atoms with Crippen LogP contribution in [-0.2, 0) is 19.6 Å². The summed E-state index contributed by atoms with van der Waals surface area (Å²) in [4.78, 5) is 24.5. The second-order valence-electron chi connectivity index (χ2n) is 6.91. The Balaban J connectivity index is 1.98. The normalized spacial score (nSPS) is 11.3. The molecular weight excluding hydrogens is 450 g/mol. The lowest BCUT2D eigenvalue weighted by molar-refractivity contribution is -0.114. The average molecular weight is 480 g/mol. The highest BCUT2D eigenvalue weighted by atomic mass is 32.2. The molecule has 0 atom stereocenters. The van der Waals surface area contributed by atoms with Gasteiger partial charge in [0.1, 0.15) is 5.75 Å². The Morgan fingerprint density at radius 3 is 2.12 bits per heavy atom. The fourth-order valence-electron chi connectivity index (χ4n) is 2.91. The number of amides is 2. The van der Waals surface area contributed by atoms with Crippen LogP contribution in [0, 0.1) is 6.92 Å². The lowest BCUT2D eigenvalue weighted by Crippen LogP contribution is -2.30. The standard InChI is InChI=1S/C22H29N3O5S2/c1-5-25(6-2)32(28,29)18-11-12-20(30-4)19(13-18)24-22(27)15-31-14-21(26)23-17-9-7-16(3)8-10-17/h7-13H,5-6,14-15H2,1-4H3,(H,23,26)(H,24,27). The number of anilines is 2. The molecule has 2 rings (SSSR count). The first-order valence-electron chi connectivity index (χ1n) is 10.1. The van der Waals surface area contributed by atoms with Crippen molar-refractivity contribution >= 4 is 45.0 Å². The van der Waals surface area contributed by atoms with Crippen LogP contribution in [0.15, 0.2) is 47.4 Å². The predicted molar refractivity (Wildman–Crippen MR) is 129 cm³/mol. The van der Waals surface area contributed by atoms with E-state index in [1.54, 1.807) is 13.8 Å². The summed E-state index contributed by atoms with van der Waals surface area (Å²) in [7, 11) is -2.24. The van der Waals surface area contributed by atoms with Gasteiger partial charge in [-0.25, -0.2) is 8.42 Å². The highest BCUT2D eigenvalue weighted by Gasteiger charge is 2.23. The number of nitrogens with zero attached hydrogens (tertiary/aromatic N) is 1. The first kappa shape index (κ1) is 25.7. The van der Waals surface area contributed by atoms with Crippen molar-refractivity contribution in [3.05, 3.63) is 48.0 Å². The lowest BCUT2D eigenvalue weighted by Gasteiger charge is -2.19.